The highest BCUT2D eigenvalue weighted by atomic mass is 32.2. The SMILES string of the molecule is CCOC(=O)CN1C(=O)C(NC(=O)OCc2ccccc2)CSc2cc(C)ccc21. The number of aryl methyl sites for hydroxylation is 1. The molecule has 2 aromatic rings. The topological polar surface area (TPSA) is 84.9 Å². The Morgan fingerprint density at radius 1 is 1.17 bits per heavy atom. The summed E-state index contributed by atoms with van der Waals surface area (Å²) in [5, 5.41) is 2.64. The third-order valence-corrected chi connectivity index (χ3v) is 5.61. The lowest BCUT2D eigenvalue weighted by molar-refractivity contribution is -0.142. The predicted octanol–water partition coefficient (Wildman–Crippen LogP) is 3.29. The third kappa shape index (κ3) is 5.54. The molecule has 1 unspecified atom stereocenters. The van der Waals surface area contributed by atoms with Gasteiger partial charge < -0.3 is 14.8 Å². The first-order valence-electron chi connectivity index (χ1n) is 9.65. The molecule has 0 bridgehead atoms. The molecule has 0 spiro atoms. The lowest BCUT2D eigenvalue weighted by Gasteiger charge is -2.25. The maximum atomic E-state index is 13.2. The fourth-order valence-corrected chi connectivity index (χ4v) is 4.19. The van der Waals surface area contributed by atoms with Crippen LogP contribution in [-0.2, 0) is 25.7 Å². The van der Waals surface area contributed by atoms with E-state index in [0.29, 0.717) is 11.4 Å². The van der Waals surface area contributed by atoms with Crippen molar-refractivity contribution in [2.24, 2.45) is 0 Å². The van der Waals surface area contributed by atoms with Crippen molar-refractivity contribution in [3.63, 3.8) is 0 Å². The summed E-state index contributed by atoms with van der Waals surface area (Å²) < 4.78 is 10.3. The molecule has 158 valence electrons. The molecule has 0 fully saturated rings. The summed E-state index contributed by atoms with van der Waals surface area (Å²) >= 11 is 1.45. The van der Waals surface area contributed by atoms with Gasteiger partial charge in [0.15, 0.2) is 0 Å². The van der Waals surface area contributed by atoms with E-state index in [0.717, 1.165) is 16.0 Å². The molecule has 0 radical (unpaired) electrons. The molecule has 0 aliphatic carbocycles. The van der Waals surface area contributed by atoms with Crippen LogP contribution < -0.4 is 10.2 Å². The summed E-state index contributed by atoms with van der Waals surface area (Å²) in [5.41, 5.74) is 2.52. The maximum absolute atomic E-state index is 13.2. The number of rotatable bonds is 6. The molecule has 1 aliphatic heterocycles. The van der Waals surface area contributed by atoms with Crippen LogP contribution in [-0.4, -0.2) is 42.9 Å². The molecule has 1 N–H and O–H groups in total. The number of esters is 1. The first-order valence-corrected chi connectivity index (χ1v) is 10.6. The van der Waals surface area contributed by atoms with E-state index in [1.54, 1.807) is 6.92 Å². The van der Waals surface area contributed by atoms with Crippen LogP contribution in [0.4, 0.5) is 10.5 Å². The molecule has 0 aromatic heterocycles. The summed E-state index contributed by atoms with van der Waals surface area (Å²) in [5.74, 6) is -0.556. The molecule has 2 aromatic carbocycles. The van der Waals surface area contributed by atoms with E-state index in [1.807, 2.05) is 55.5 Å². The zero-order chi connectivity index (χ0) is 21.5. The van der Waals surface area contributed by atoms with Crippen LogP contribution in [0, 0.1) is 6.92 Å². The number of nitrogens with one attached hydrogen (secondary N) is 1. The second kappa shape index (κ2) is 10.2. The first kappa shape index (κ1) is 21.7. The number of thioether (sulfide) groups is 1. The van der Waals surface area contributed by atoms with Gasteiger partial charge >= 0.3 is 12.1 Å². The molecule has 1 aliphatic rings. The smallest absolute Gasteiger partial charge is 0.408 e. The van der Waals surface area contributed by atoms with Crippen LogP contribution in [0.3, 0.4) is 0 Å². The molecule has 2 amide bonds. The number of amides is 2. The monoisotopic (exact) mass is 428 g/mol. The average molecular weight is 429 g/mol. The van der Waals surface area contributed by atoms with Crippen molar-refractivity contribution < 1.29 is 23.9 Å². The van der Waals surface area contributed by atoms with Crippen LogP contribution in [0.25, 0.3) is 0 Å². The molecule has 1 atom stereocenters. The van der Waals surface area contributed by atoms with Crippen molar-refractivity contribution in [3.05, 3.63) is 59.7 Å². The number of carbonyl (C=O) groups excluding carboxylic acids is 3. The molecule has 30 heavy (non-hydrogen) atoms. The Bertz CT molecular complexity index is 919. The van der Waals surface area contributed by atoms with Crippen LogP contribution >= 0.6 is 11.8 Å². The van der Waals surface area contributed by atoms with E-state index in [4.69, 9.17) is 9.47 Å². The fourth-order valence-electron chi connectivity index (χ4n) is 3.02. The average Bonchev–Trinajstić information content (AvgIpc) is 2.85. The summed E-state index contributed by atoms with van der Waals surface area (Å²) in [6.07, 6.45) is -0.684. The van der Waals surface area contributed by atoms with Gasteiger partial charge in [0.2, 0.25) is 0 Å². The number of carbonyl (C=O) groups is 3. The van der Waals surface area contributed by atoms with Crippen molar-refractivity contribution >= 4 is 35.4 Å². The van der Waals surface area contributed by atoms with Gasteiger partial charge in [0.05, 0.1) is 12.3 Å². The molecular formula is C22H24N2O5S. The Labute approximate surface area is 179 Å². The van der Waals surface area contributed by atoms with Gasteiger partial charge in [-0.05, 0) is 37.1 Å². The van der Waals surface area contributed by atoms with Crippen molar-refractivity contribution in [1.82, 2.24) is 5.32 Å². The number of anilines is 1. The number of nitrogens with zero attached hydrogens (tertiary/aromatic N) is 1. The van der Waals surface area contributed by atoms with Gasteiger partial charge in [-0.2, -0.15) is 0 Å². The molecule has 0 saturated heterocycles. The lowest BCUT2D eigenvalue weighted by Crippen LogP contribution is -2.51. The second-order valence-electron chi connectivity index (χ2n) is 6.77. The van der Waals surface area contributed by atoms with Crippen molar-refractivity contribution in [1.29, 1.82) is 0 Å². The fraction of sp³-hybridized carbons (Fsp3) is 0.318. The Hall–Kier alpha value is -3.00. The van der Waals surface area contributed by atoms with E-state index in [2.05, 4.69) is 5.32 Å². The standard InChI is InChI=1S/C22H24N2O5S/c1-3-28-20(25)12-24-18-10-9-15(2)11-19(18)30-14-17(21(24)26)23-22(27)29-13-16-7-5-4-6-8-16/h4-11,17H,3,12-14H2,1-2H3,(H,23,27). The van der Waals surface area contributed by atoms with Gasteiger partial charge in [0.25, 0.3) is 5.91 Å². The number of hydrogen-bond acceptors (Lipinski definition) is 6. The Morgan fingerprint density at radius 2 is 1.93 bits per heavy atom. The predicted molar refractivity (Wildman–Crippen MR) is 114 cm³/mol. The van der Waals surface area contributed by atoms with E-state index < -0.39 is 18.1 Å². The number of alkyl carbamates (subject to hydrolysis) is 1. The summed E-state index contributed by atoms with van der Waals surface area (Å²) in [4.78, 5) is 39.8. The van der Waals surface area contributed by atoms with Gasteiger partial charge in [0, 0.05) is 10.6 Å². The maximum Gasteiger partial charge on any atom is 0.408 e. The van der Waals surface area contributed by atoms with E-state index in [9.17, 15) is 14.4 Å². The van der Waals surface area contributed by atoms with Crippen molar-refractivity contribution in [2.75, 3.05) is 23.8 Å². The molecule has 1 heterocycles. The molecular weight excluding hydrogens is 404 g/mol. The number of fused-ring (bicyclic) bond motifs is 1. The Kier molecular flexibility index (Phi) is 7.35. The van der Waals surface area contributed by atoms with Crippen LogP contribution in [0.1, 0.15) is 18.1 Å². The number of ether oxygens (including phenoxy) is 2. The third-order valence-electron chi connectivity index (χ3n) is 4.47. The van der Waals surface area contributed by atoms with Crippen molar-refractivity contribution in [2.45, 2.75) is 31.4 Å². The van der Waals surface area contributed by atoms with Gasteiger partial charge in [0.1, 0.15) is 19.2 Å². The Morgan fingerprint density at radius 3 is 2.67 bits per heavy atom. The minimum Gasteiger partial charge on any atom is -0.465 e. The lowest BCUT2D eigenvalue weighted by atomic mass is 10.2. The highest BCUT2D eigenvalue weighted by Crippen LogP contribution is 2.35. The van der Waals surface area contributed by atoms with Crippen molar-refractivity contribution in [3.8, 4) is 0 Å². The van der Waals surface area contributed by atoms with Gasteiger partial charge in [-0.25, -0.2) is 4.79 Å². The van der Waals surface area contributed by atoms with E-state index in [-0.39, 0.29) is 25.7 Å². The highest BCUT2D eigenvalue weighted by Gasteiger charge is 2.33. The molecule has 3 rings (SSSR count). The highest BCUT2D eigenvalue weighted by molar-refractivity contribution is 7.99. The number of benzene rings is 2. The normalized spacial score (nSPS) is 15.7. The summed E-state index contributed by atoms with van der Waals surface area (Å²) in [6, 6.07) is 14.1. The van der Waals surface area contributed by atoms with Gasteiger partial charge in [-0.15, -0.1) is 11.8 Å². The van der Waals surface area contributed by atoms with Gasteiger partial charge in [-0.1, -0.05) is 36.4 Å². The van der Waals surface area contributed by atoms with E-state index in [1.165, 1.54) is 16.7 Å². The zero-order valence-electron chi connectivity index (χ0n) is 16.9. The van der Waals surface area contributed by atoms with Crippen LogP contribution in [0.2, 0.25) is 0 Å². The minimum absolute atomic E-state index is 0.104. The quantitative estimate of drug-likeness (QED) is 0.711. The van der Waals surface area contributed by atoms with E-state index >= 15 is 0 Å². The number of hydrogen-bond donors (Lipinski definition) is 1. The molecule has 8 heteroatoms. The largest absolute Gasteiger partial charge is 0.465 e. The van der Waals surface area contributed by atoms with Gasteiger partial charge in [-0.3, -0.25) is 14.5 Å². The molecule has 7 nitrogen and oxygen atoms in total. The summed E-state index contributed by atoms with van der Waals surface area (Å²) in [6.45, 7) is 3.78. The van der Waals surface area contributed by atoms with Crippen LogP contribution in [0.5, 0.6) is 0 Å². The second-order valence-corrected chi connectivity index (χ2v) is 7.83. The minimum atomic E-state index is -0.833. The summed E-state index contributed by atoms with van der Waals surface area (Å²) in [7, 11) is 0. The van der Waals surface area contributed by atoms with Crippen LogP contribution in [0.15, 0.2) is 53.4 Å². The first-order chi connectivity index (χ1) is 14.5. The zero-order valence-corrected chi connectivity index (χ0v) is 17.7. The Balaban J connectivity index is 1.73. The molecule has 0 saturated carbocycles.